The number of nitrogens with zero attached hydrogens (tertiary/aromatic N) is 4. The van der Waals surface area contributed by atoms with E-state index in [1.807, 2.05) is 35.4 Å². The molecule has 118 heavy (non-hydrogen) atoms. The Balaban J connectivity index is -0.000000233. The Morgan fingerprint density at radius 2 is 0.831 bits per heavy atom. The molecular weight excluding hydrogens is 1620 g/mol. The lowest BCUT2D eigenvalue weighted by molar-refractivity contribution is -0.143. The Morgan fingerprint density at radius 3 is 1.08 bits per heavy atom. The van der Waals surface area contributed by atoms with Gasteiger partial charge in [-0.25, -0.2) is 34.3 Å². The number of carboxylic acids is 1. The van der Waals surface area contributed by atoms with E-state index in [0.717, 1.165) is 11.8 Å². The molecule has 39 radical (unpaired) electrons. The van der Waals surface area contributed by atoms with Crippen molar-refractivity contribution in [2.24, 2.45) is 0 Å². The van der Waals surface area contributed by atoms with Gasteiger partial charge in [0.25, 0.3) is 16.7 Å². The fraction of sp³-hybridized carbons (Fsp3) is 0.415. The zero-order valence-electron chi connectivity index (χ0n) is 61.8. The van der Waals surface area contributed by atoms with Crippen LogP contribution in [0.15, 0.2) is 65.8 Å². The van der Waals surface area contributed by atoms with Crippen molar-refractivity contribution in [2.45, 2.75) is 96.1 Å². The third-order valence-corrected chi connectivity index (χ3v) is 13.7. The number of esters is 3. The molecule has 0 aliphatic carbocycles. The molecule has 77 heteroatoms. The van der Waals surface area contributed by atoms with Crippen molar-refractivity contribution in [2.75, 3.05) is 19.8 Å². The molecule has 5 aromatic rings. The largest absolute Gasteiger partial charge is 0.481 e. The third-order valence-electron chi connectivity index (χ3n) is 13.1. The first-order valence-electron chi connectivity index (χ1n) is 32.3. The number of hydrogen-bond acceptors (Lipinski definition) is 21. The molecule has 1 saturated heterocycles. The number of aromatic amines is 6. The van der Waals surface area contributed by atoms with Crippen molar-refractivity contribution in [3.05, 3.63) is 143 Å². The molecule has 28 nitrogen and oxygen atoms in total. The molecule has 0 spiro atoms. The second kappa shape index (κ2) is 70.9. The number of rotatable bonds is 26. The number of aliphatic carboxylic acids is 1. The fourth-order valence-electron chi connectivity index (χ4n) is 8.02. The van der Waals surface area contributed by atoms with Crippen molar-refractivity contribution in [3.63, 3.8) is 0 Å². The van der Waals surface area contributed by atoms with Crippen LogP contribution in [-0.4, -0.2) is 399 Å². The van der Waals surface area contributed by atoms with Crippen LogP contribution in [0.3, 0.4) is 0 Å². The summed E-state index contributed by atoms with van der Waals surface area (Å²) in [7, 11) is 106. The number of ether oxygens (including phenoxy) is 3. The van der Waals surface area contributed by atoms with E-state index < -0.39 is 109 Å². The molecule has 0 amide bonds. The number of nitrogens with one attached hydrogen (secondary N) is 6. The van der Waals surface area contributed by atoms with Crippen LogP contribution in [0.25, 0.3) is 0 Å². The van der Waals surface area contributed by atoms with Crippen LogP contribution in [0.2, 0.25) is 36.2 Å². The van der Waals surface area contributed by atoms with Crippen LogP contribution in [0.4, 0.5) is 0 Å². The monoisotopic (exact) mass is 1690 g/mol. The van der Waals surface area contributed by atoms with Gasteiger partial charge in [0.1, 0.15) is 5.15 Å². The van der Waals surface area contributed by atoms with Gasteiger partial charge in [-0.3, -0.25) is 53.1 Å². The van der Waals surface area contributed by atoms with Gasteiger partial charge in [-0.1, -0.05) is 63.5 Å². The molecular formula is C41H69B42Cl6N10O18P-3. The minimum absolute atomic E-state index is 0. The summed E-state index contributed by atoms with van der Waals surface area (Å²) in [5.41, 5.74) is -1.16. The summed E-state index contributed by atoms with van der Waals surface area (Å²) in [5.74, 6) is -2.25. The topological polar surface area (TPSA) is 410 Å². The fourth-order valence-corrected chi connectivity index (χ4v) is 8.57. The number of carbonyl (C=O) groups is 4. The number of halogens is 6. The van der Waals surface area contributed by atoms with Gasteiger partial charge in [-0.15, -0.1) is 6.39 Å². The van der Waals surface area contributed by atoms with Gasteiger partial charge < -0.3 is 48.0 Å². The highest BCUT2D eigenvalue weighted by Crippen LogP contribution is 2.61. The Morgan fingerprint density at radius 1 is 0.517 bits per heavy atom. The van der Waals surface area contributed by atoms with Crippen LogP contribution in [0, 0.1) is 6.92 Å². The van der Waals surface area contributed by atoms with Crippen molar-refractivity contribution in [1.82, 2.24) is 49.8 Å². The molecule has 1 aliphatic heterocycles. The van der Waals surface area contributed by atoms with Gasteiger partial charge in [0.15, 0.2) is 0 Å². The molecule has 0 unspecified atom stereocenters. The van der Waals surface area contributed by atoms with Gasteiger partial charge in [0.05, 0.1) is 45.5 Å². The summed E-state index contributed by atoms with van der Waals surface area (Å²) >= 11 is 30.6. The third kappa shape index (κ3) is 62.7. The quantitative estimate of drug-likeness (QED) is 0.00675. The zero-order valence-corrected chi connectivity index (χ0v) is 67.3. The highest BCUT2D eigenvalue weighted by molar-refractivity contribution is 8.24. The smallest absolute Gasteiger partial charge is 0.426 e. The second-order valence-electron chi connectivity index (χ2n) is 22.2. The van der Waals surface area contributed by atoms with E-state index in [1.165, 1.54) is 31.7 Å². The molecule has 0 saturated carbocycles. The Hall–Kier alpha value is -3.34. The highest BCUT2D eigenvalue weighted by atomic mass is 36.0. The first kappa shape index (κ1) is 128. The molecule has 7 N–H and O–H groups in total. The van der Waals surface area contributed by atoms with E-state index in [9.17, 15) is 52.5 Å². The maximum absolute atomic E-state index is 11.1. The molecule has 5 aromatic heterocycles. The molecule has 0 atom stereocenters. The number of aromatic nitrogens is 10. The Bertz CT molecular complexity index is 3800. The van der Waals surface area contributed by atoms with Crippen LogP contribution in [-0.2, 0) is 77.4 Å². The maximum atomic E-state index is 11.1. The predicted octanol–water partition coefficient (Wildman–Crippen LogP) is -11.8. The molecule has 0 aromatic carbocycles. The minimum Gasteiger partial charge on any atom is -0.481 e. The van der Waals surface area contributed by atoms with Crippen LogP contribution < -0.4 is 33.7 Å². The molecule has 1 fully saturated rings. The number of aryl methyl sites for hydroxylation is 1. The average Bonchev–Trinajstić information content (AvgIpc) is 0.950. The maximum Gasteiger partial charge on any atom is 0.426 e. The van der Waals surface area contributed by atoms with Crippen LogP contribution in [0.1, 0.15) is 71.0 Å². The first-order valence-corrected chi connectivity index (χ1v) is 37.9. The Kier molecular flexibility index (Phi) is 76.8. The standard InChI is InChI=1S/C9H11ClN2O2.C8H8Cl2N2O2.C8H10N2O4.C6H6N2O4.C4H4N2O2.C3H9B3O3.3CH4.B13H6.B13H3.B13.Cl3OP/c1-3-14-8(13)4-7-5-11-9(10)12-6(7)2;1-2-14-6(13)3-5-4-11-8(10)12-7(5)9;1-2-14-6(11)3-5-4-9-8(13)10-7(5)12;9-4(10)1-3-2-7-6(12)8-5(3)11;7-3-1-2-5-4(8)6-3;1-4-7-5(2)9-6(3)8-4;;;;3*1-8-12(9(2)3)13(10(4)5)11(6)7;1-5(2,3)4/h5H,3-4H2,1-2H3;4H,2-3H2,1H3;4H,2-3H2,1H3,(H2,9,10,12,13);2H,1H2,(H,9,10)(H2,7,8,11,12);1-2H,(H2,5,6,7,8);1-3H3;3*1H4;1-2H3;1H3;;/q;;;;;;;;;-2;-1;;. The van der Waals surface area contributed by atoms with E-state index in [2.05, 4.69) is 87.5 Å². The van der Waals surface area contributed by atoms with E-state index in [4.69, 9.17) is 202 Å². The SMILES string of the molecule is C.C.C.CB1OB(C)OB(C)O1.CCOC(=O)Cc1c[nH]c(=O)[nH]c1=O.CCOC(=O)Cc1cnc(Cl)nc1C.CCOC(=O)Cc1cnc(Cl)nc1Cl.O=C(O)Cc1c[nH]c(=O)[nH]c1=O.O=P(Cl)(Cl)Cl.O=c1cc[nH]c(=O)[nH]1.[B]B([B])B(B([B])[B])B([B][BH3-])B([B])[BH3-].[B]B([B])B([B][BH3-])B(B([B])[B])B([B])[B].[B][B]B(B([B])[B])B(B([B])[B])B([B])[B]. The zero-order chi connectivity index (χ0) is 89.9. The average molecular weight is 1690 g/mol. The molecule has 567 valence electrons. The highest BCUT2D eigenvalue weighted by Gasteiger charge is 2.34. The minimum atomic E-state index is -3.22. The van der Waals surface area contributed by atoms with Gasteiger partial charge in [-0.05, 0) is 241 Å². The summed E-state index contributed by atoms with van der Waals surface area (Å²) in [6.07, 6.45) is 1.05. The van der Waals surface area contributed by atoms with E-state index in [0.29, 0.717) is 24.5 Å². The van der Waals surface area contributed by atoms with Gasteiger partial charge in [-0.2, -0.15) is 14.1 Å². The van der Waals surface area contributed by atoms with E-state index in [-0.39, 0.29) is 175 Å². The van der Waals surface area contributed by atoms with Crippen molar-refractivity contribution in [3.8, 4) is 0 Å². The normalized spacial score (nSPS) is 10.1. The van der Waals surface area contributed by atoms with Gasteiger partial charge >= 0.3 is 67.5 Å². The first-order chi connectivity index (χ1) is 53.2. The summed E-state index contributed by atoms with van der Waals surface area (Å²) in [6.45, 7) is 13.5. The summed E-state index contributed by atoms with van der Waals surface area (Å²) in [5, 5.41) is 5.52. The molecule has 6 rings (SSSR count). The molecule has 0 bridgehead atoms. The number of hydrogen-bond donors (Lipinski definition) is 7. The lowest BCUT2D eigenvalue weighted by Crippen LogP contribution is -2.69. The predicted molar refractivity (Wildman–Crippen MR) is 540 cm³/mol. The number of carboxylic acid groups (broad SMARTS) is 1. The van der Waals surface area contributed by atoms with Crippen LogP contribution in [0.5, 0.6) is 0 Å². The second-order valence-corrected chi connectivity index (χ2v) is 29.9. The summed E-state index contributed by atoms with van der Waals surface area (Å²) in [6, 6.07) is 1.24. The van der Waals surface area contributed by atoms with E-state index in [1.54, 1.807) is 33.9 Å². The number of carbonyl (C=O) groups excluding carboxylic acids is 3. The lowest BCUT2D eigenvalue weighted by atomic mass is 8.50. The lowest BCUT2D eigenvalue weighted by Gasteiger charge is -2.35. The van der Waals surface area contributed by atoms with Crippen molar-refractivity contribution >= 4 is 398 Å². The van der Waals surface area contributed by atoms with Crippen LogP contribution >= 0.6 is 73.7 Å². The summed E-state index contributed by atoms with van der Waals surface area (Å²) in [4.78, 5) is 135. The van der Waals surface area contributed by atoms with Crippen molar-refractivity contribution in [1.29, 1.82) is 0 Å². The Labute approximate surface area is 758 Å². The molecule has 1 aliphatic rings. The van der Waals surface area contributed by atoms with Gasteiger partial charge in [0.2, 0.25) is 10.6 Å². The van der Waals surface area contributed by atoms with E-state index >= 15 is 0 Å². The number of H-pyrrole nitrogens is 6. The van der Waals surface area contributed by atoms with Gasteiger partial charge in [0, 0.05) is 158 Å². The summed E-state index contributed by atoms with van der Waals surface area (Å²) < 4.78 is 39.0. The molecule has 6 heterocycles. The van der Waals surface area contributed by atoms with Crippen molar-refractivity contribution < 1.29 is 56.8 Å².